The van der Waals surface area contributed by atoms with E-state index in [1.807, 2.05) is 0 Å². The van der Waals surface area contributed by atoms with Gasteiger partial charge in [0.1, 0.15) is 5.82 Å². The van der Waals surface area contributed by atoms with E-state index in [1.54, 1.807) is 13.1 Å². The van der Waals surface area contributed by atoms with Gasteiger partial charge in [0.25, 0.3) is 0 Å². The zero-order valence-electron chi connectivity index (χ0n) is 13.1. The summed E-state index contributed by atoms with van der Waals surface area (Å²) in [4.78, 5) is 12.8. The number of aromatic nitrogens is 1. The fourth-order valence-electron chi connectivity index (χ4n) is 2.65. The van der Waals surface area contributed by atoms with Crippen molar-refractivity contribution < 1.29 is 17.6 Å². The first kappa shape index (κ1) is 17.0. The number of rotatable bonds is 2. The van der Waals surface area contributed by atoms with Gasteiger partial charge in [0.05, 0.1) is 5.56 Å². The number of hydrogen-bond acceptors (Lipinski definition) is 1. The molecule has 25 heavy (non-hydrogen) atoms. The van der Waals surface area contributed by atoms with Crippen molar-refractivity contribution in [2.24, 2.45) is 7.05 Å². The van der Waals surface area contributed by atoms with Gasteiger partial charge in [-0.2, -0.15) is 13.2 Å². The number of halogens is 4. The quantitative estimate of drug-likeness (QED) is 0.606. The fourth-order valence-corrected chi connectivity index (χ4v) is 2.65. The van der Waals surface area contributed by atoms with E-state index < -0.39 is 23.0 Å². The molecule has 2 aromatic carbocycles. The van der Waals surface area contributed by atoms with Crippen molar-refractivity contribution >= 4 is 0 Å². The molecule has 0 radical (unpaired) electrons. The third-order valence-electron chi connectivity index (χ3n) is 3.82. The van der Waals surface area contributed by atoms with Crippen molar-refractivity contribution in [3.8, 4) is 22.3 Å². The highest BCUT2D eigenvalue weighted by Crippen LogP contribution is 2.32. The van der Waals surface area contributed by atoms with E-state index in [-0.39, 0.29) is 22.3 Å². The SMILES string of the molecule is Cn1cc(-c2cccc(C(F)(F)F)c2)c(=O)c(-c2ccccc2F)c1. The summed E-state index contributed by atoms with van der Waals surface area (Å²) in [5.74, 6) is -0.569. The molecule has 0 aliphatic heterocycles. The Bertz CT molecular complexity index is 989. The van der Waals surface area contributed by atoms with Gasteiger partial charge in [0.2, 0.25) is 0 Å². The Hall–Kier alpha value is -2.89. The van der Waals surface area contributed by atoms with E-state index in [2.05, 4.69) is 0 Å². The van der Waals surface area contributed by atoms with Gasteiger partial charge in [-0.05, 0) is 23.8 Å². The van der Waals surface area contributed by atoms with E-state index in [0.29, 0.717) is 0 Å². The van der Waals surface area contributed by atoms with Crippen LogP contribution in [0.25, 0.3) is 22.3 Å². The van der Waals surface area contributed by atoms with Crippen LogP contribution in [0.1, 0.15) is 5.56 Å². The maximum atomic E-state index is 14.0. The van der Waals surface area contributed by atoms with Crippen LogP contribution in [0.15, 0.2) is 65.7 Å². The van der Waals surface area contributed by atoms with Gasteiger partial charge in [0, 0.05) is 36.1 Å². The molecule has 0 aliphatic rings. The zero-order valence-corrected chi connectivity index (χ0v) is 13.1. The zero-order chi connectivity index (χ0) is 18.2. The maximum Gasteiger partial charge on any atom is 0.416 e. The molecule has 0 saturated heterocycles. The molecule has 6 heteroatoms. The summed E-state index contributed by atoms with van der Waals surface area (Å²) in [7, 11) is 1.63. The van der Waals surface area contributed by atoms with Crippen LogP contribution in [-0.2, 0) is 13.2 Å². The Morgan fingerprint density at radius 2 is 1.56 bits per heavy atom. The van der Waals surface area contributed by atoms with Crippen molar-refractivity contribution in [3.63, 3.8) is 0 Å². The molecular formula is C19H13F4NO. The van der Waals surface area contributed by atoms with Crippen LogP contribution in [0.5, 0.6) is 0 Å². The number of pyridine rings is 1. The van der Waals surface area contributed by atoms with E-state index in [1.165, 1.54) is 47.3 Å². The number of aryl methyl sites for hydroxylation is 1. The van der Waals surface area contributed by atoms with E-state index in [9.17, 15) is 22.4 Å². The van der Waals surface area contributed by atoms with Crippen molar-refractivity contribution in [3.05, 3.63) is 82.5 Å². The van der Waals surface area contributed by atoms with Gasteiger partial charge in [-0.15, -0.1) is 0 Å². The van der Waals surface area contributed by atoms with Crippen LogP contribution in [0.2, 0.25) is 0 Å². The number of nitrogens with zero attached hydrogens (tertiary/aromatic N) is 1. The van der Waals surface area contributed by atoms with Crippen LogP contribution < -0.4 is 5.43 Å². The normalized spacial score (nSPS) is 11.6. The molecule has 1 aromatic heterocycles. The van der Waals surface area contributed by atoms with E-state index >= 15 is 0 Å². The van der Waals surface area contributed by atoms with Gasteiger partial charge >= 0.3 is 6.18 Å². The Morgan fingerprint density at radius 3 is 2.24 bits per heavy atom. The van der Waals surface area contributed by atoms with E-state index in [0.717, 1.165) is 12.1 Å². The third-order valence-corrected chi connectivity index (χ3v) is 3.82. The van der Waals surface area contributed by atoms with Crippen LogP contribution in [0, 0.1) is 5.82 Å². The van der Waals surface area contributed by atoms with Gasteiger partial charge in [-0.25, -0.2) is 4.39 Å². The highest BCUT2D eigenvalue weighted by atomic mass is 19.4. The van der Waals surface area contributed by atoms with Crippen molar-refractivity contribution in [2.75, 3.05) is 0 Å². The van der Waals surface area contributed by atoms with Gasteiger partial charge in [0.15, 0.2) is 5.43 Å². The maximum absolute atomic E-state index is 14.0. The second kappa shape index (κ2) is 6.20. The minimum Gasteiger partial charge on any atom is -0.356 e. The summed E-state index contributed by atoms with van der Waals surface area (Å²) < 4.78 is 54.4. The number of hydrogen-bond donors (Lipinski definition) is 0. The van der Waals surface area contributed by atoms with Gasteiger partial charge in [-0.3, -0.25) is 4.79 Å². The average Bonchev–Trinajstić information content (AvgIpc) is 2.57. The molecule has 0 fully saturated rings. The van der Waals surface area contributed by atoms with Crippen LogP contribution in [0.3, 0.4) is 0 Å². The predicted molar refractivity (Wildman–Crippen MR) is 87.5 cm³/mol. The van der Waals surface area contributed by atoms with Crippen LogP contribution in [0.4, 0.5) is 17.6 Å². The standard InChI is InChI=1S/C19H13F4NO/c1-24-10-15(12-5-4-6-13(9-12)19(21,22)23)18(25)16(11-24)14-7-2-3-8-17(14)20/h2-11H,1H3. The van der Waals surface area contributed by atoms with Crippen molar-refractivity contribution in [1.29, 1.82) is 0 Å². The summed E-state index contributed by atoms with van der Waals surface area (Å²) in [5, 5.41) is 0. The Morgan fingerprint density at radius 1 is 0.880 bits per heavy atom. The summed E-state index contributed by atoms with van der Waals surface area (Å²) >= 11 is 0. The highest BCUT2D eigenvalue weighted by molar-refractivity contribution is 5.72. The summed E-state index contributed by atoms with van der Waals surface area (Å²) in [5.41, 5.74) is -0.957. The number of benzene rings is 2. The van der Waals surface area contributed by atoms with E-state index in [4.69, 9.17) is 0 Å². The summed E-state index contributed by atoms with van der Waals surface area (Å²) in [6.07, 6.45) is -1.62. The lowest BCUT2D eigenvalue weighted by atomic mass is 9.99. The fraction of sp³-hybridized carbons (Fsp3) is 0.105. The first-order valence-electron chi connectivity index (χ1n) is 7.40. The molecule has 0 N–H and O–H groups in total. The molecule has 0 aliphatic carbocycles. The van der Waals surface area contributed by atoms with Crippen LogP contribution in [-0.4, -0.2) is 4.57 Å². The van der Waals surface area contributed by atoms with Gasteiger partial charge in [-0.1, -0.05) is 30.3 Å². The topological polar surface area (TPSA) is 22.0 Å². The molecular weight excluding hydrogens is 334 g/mol. The van der Waals surface area contributed by atoms with Crippen molar-refractivity contribution in [2.45, 2.75) is 6.18 Å². The molecule has 1 heterocycles. The van der Waals surface area contributed by atoms with Crippen molar-refractivity contribution in [1.82, 2.24) is 4.57 Å². The smallest absolute Gasteiger partial charge is 0.356 e. The lowest BCUT2D eigenvalue weighted by Gasteiger charge is -2.12. The largest absolute Gasteiger partial charge is 0.416 e. The molecule has 0 atom stereocenters. The monoisotopic (exact) mass is 347 g/mol. The lowest BCUT2D eigenvalue weighted by molar-refractivity contribution is -0.137. The molecule has 0 bridgehead atoms. The van der Waals surface area contributed by atoms with Gasteiger partial charge < -0.3 is 4.57 Å². The summed E-state index contributed by atoms with van der Waals surface area (Å²) in [6, 6.07) is 10.3. The lowest BCUT2D eigenvalue weighted by Crippen LogP contribution is -2.13. The third kappa shape index (κ3) is 3.33. The van der Waals surface area contributed by atoms with Crippen LogP contribution >= 0.6 is 0 Å². The minimum absolute atomic E-state index is 0.0781. The first-order valence-corrected chi connectivity index (χ1v) is 7.40. The highest BCUT2D eigenvalue weighted by Gasteiger charge is 2.30. The Balaban J connectivity index is 2.23. The molecule has 0 amide bonds. The predicted octanol–water partition coefficient (Wildman–Crippen LogP) is 4.88. The Kier molecular flexibility index (Phi) is 4.20. The average molecular weight is 347 g/mol. The first-order chi connectivity index (χ1) is 11.8. The molecule has 2 nitrogen and oxygen atoms in total. The second-order valence-electron chi connectivity index (χ2n) is 5.64. The molecule has 0 saturated carbocycles. The molecule has 128 valence electrons. The minimum atomic E-state index is -4.51. The molecule has 3 aromatic rings. The molecule has 0 unspecified atom stereocenters. The molecule has 0 spiro atoms. The number of alkyl halides is 3. The second-order valence-corrected chi connectivity index (χ2v) is 5.64. The Labute approximate surface area is 141 Å². The molecule has 3 rings (SSSR count). The summed E-state index contributed by atoms with van der Waals surface area (Å²) in [6.45, 7) is 0.